The standard InChI is InChI=1S/C11H25NOS/c1-5-6-11(9-14)7-12(3)10(2)8-13-4/h10-11,14H,5-9H2,1-4H3. The number of nitrogens with zero attached hydrogens (tertiary/aromatic N) is 1. The topological polar surface area (TPSA) is 12.5 Å². The van der Waals surface area contributed by atoms with E-state index in [0.29, 0.717) is 12.0 Å². The molecule has 0 aromatic carbocycles. The number of likely N-dealkylation sites (N-methyl/N-ethyl adjacent to an activating group) is 1. The molecule has 2 atom stereocenters. The summed E-state index contributed by atoms with van der Waals surface area (Å²) >= 11 is 4.39. The second-order valence-corrected chi connectivity index (χ2v) is 4.45. The van der Waals surface area contributed by atoms with Crippen molar-refractivity contribution in [1.29, 1.82) is 0 Å². The summed E-state index contributed by atoms with van der Waals surface area (Å²) < 4.78 is 5.14. The molecule has 0 spiro atoms. The quantitative estimate of drug-likeness (QED) is 0.629. The summed E-state index contributed by atoms with van der Waals surface area (Å²) in [5.74, 6) is 1.70. The molecule has 0 fully saturated rings. The number of ether oxygens (including phenoxy) is 1. The van der Waals surface area contributed by atoms with Gasteiger partial charge in [0.05, 0.1) is 6.61 Å². The molecule has 0 N–H and O–H groups in total. The molecular formula is C11H25NOS. The Labute approximate surface area is 94.4 Å². The van der Waals surface area contributed by atoms with Crippen LogP contribution in [-0.2, 0) is 4.74 Å². The number of hydrogen-bond donors (Lipinski definition) is 1. The first-order chi connectivity index (χ1) is 6.65. The van der Waals surface area contributed by atoms with Gasteiger partial charge in [-0.25, -0.2) is 0 Å². The van der Waals surface area contributed by atoms with E-state index in [2.05, 4.69) is 38.4 Å². The number of methoxy groups -OCH3 is 1. The second kappa shape index (κ2) is 8.57. The van der Waals surface area contributed by atoms with E-state index in [4.69, 9.17) is 4.74 Å². The van der Waals surface area contributed by atoms with Crippen LogP contribution in [0.5, 0.6) is 0 Å². The molecule has 86 valence electrons. The van der Waals surface area contributed by atoms with Crippen LogP contribution in [0.1, 0.15) is 26.7 Å². The zero-order valence-electron chi connectivity index (χ0n) is 9.99. The second-order valence-electron chi connectivity index (χ2n) is 4.08. The minimum atomic E-state index is 0.499. The average molecular weight is 219 g/mol. The van der Waals surface area contributed by atoms with Gasteiger partial charge >= 0.3 is 0 Å². The van der Waals surface area contributed by atoms with E-state index in [9.17, 15) is 0 Å². The molecule has 2 nitrogen and oxygen atoms in total. The molecule has 0 rings (SSSR count). The summed E-state index contributed by atoms with van der Waals surface area (Å²) in [5.41, 5.74) is 0. The first-order valence-electron chi connectivity index (χ1n) is 5.45. The first-order valence-corrected chi connectivity index (χ1v) is 6.08. The fraction of sp³-hybridized carbons (Fsp3) is 1.00. The lowest BCUT2D eigenvalue weighted by Gasteiger charge is -2.27. The maximum Gasteiger partial charge on any atom is 0.0615 e. The highest BCUT2D eigenvalue weighted by Crippen LogP contribution is 2.11. The summed E-state index contributed by atoms with van der Waals surface area (Å²) in [6.45, 7) is 6.36. The third-order valence-corrected chi connectivity index (χ3v) is 3.18. The summed E-state index contributed by atoms with van der Waals surface area (Å²) in [6, 6.07) is 0.499. The Bertz CT molecular complexity index is 132. The van der Waals surface area contributed by atoms with Crippen molar-refractivity contribution in [1.82, 2.24) is 4.90 Å². The molecule has 14 heavy (non-hydrogen) atoms. The molecular weight excluding hydrogens is 194 g/mol. The van der Waals surface area contributed by atoms with E-state index in [1.807, 2.05) is 0 Å². The largest absolute Gasteiger partial charge is 0.383 e. The summed E-state index contributed by atoms with van der Waals surface area (Å²) in [6.07, 6.45) is 2.52. The average Bonchev–Trinajstić information content (AvgIpc) is 2.17. The first kappa shape index (κ1) is 14.3. The van der Waals surface area contributed by atoms with E-state index in [-0.39, 0.29) is 0 Å². The van der Waals surface area contributed by atoms with E-state index >= 15 is 0 Å². The molecule has 0 heterocycles. The van der Waals surface area contributed by atoms with Crippen LogP contribution in [0.2, 0.25) is 0 Å². The van der Waals surface area contributed by atoms with Crippen molar-refractivity contribution in [2.45, 2.75) is 32.7 Å². The van der Waals surface area contributed by atoms with Gasteiger partial charge in [-0.1, -0.05) is 13.3 Å². The highest BCUT2D eigenvalue weighted by Gasteiger charge is 2.13. The van der Waals surface area contributed by atoms with E-state index in [1.54, 1.807) is 7.11 Å². The lowest BCUT2D eigenvalue weighted by Crippen LogP contribution is -2.36. The lowest BCUT2D eigenvalue weighted by molar-refractivity contribution is 0.107. The van der Waals surface area contributed by atoms with Gasteiger partial charge in [0.1, 0.15) is 0 Å². The van der Waals surface area contributed by atoms with E-state index < -0.39 is 0 Å². The Morgan fingerprint density at radius 1 is 1.43 bits per heavy atom. The van der Waals surface area contributed by atoms with Gasteiger partial charge in [-0.3, -0.25) is 0 Å². The predicted molar refractivity (Wildman–Crippen MR) is 66.2 cm³/mol. The predicted octanol–water partition coefficient (Wildman–Crippen LogP) is 2.30. The normalized spacial score (nSPS) is 15.9. The Hall–Kier alpha value is 0.270. The third-order valence-electron chi connectivity index (χ3n) is 2.66. The van der Waals surface area contributed by atoms with Gasteiger partial charge in [0, 0.05) is 19.7 Å². The fourth-order valence-electron chi connectivity index (χ4n) is 1.60. The zero-order valence-corrected chi connectivity index (χ0v) is 10.9. The Morgan fingerprint density at radius 3 is 2.50 bits per heavy atom. The highest BCUT2D eigenvalue weighted by molar-refractivity contribution is 7.80. The number of thiol groups is 1. The van der Waals surface area contributed by atoms with E-state index in [0.717, 1.165) is 18.9 Å². The van der Waals surface area contributed by atoms with Crippen LogP contribution in [0.15, 0.2) is 0 Å². The molecule has 0 amide bonds. The van der Waals surface area contributed by atoms with Crippen LogP contribution in [0.4, 0.5) is 0 Å². The van der Waals surface area contributed by atoms with Gasteiger partial charge in [-0.05, 0) is 32.1 Å². The Morgan fingerprint density at radius 2 is 2.07 bits per heavy atom. The van der Waals surface area contributed by atoms with Crippen molar-refractivity contribution in [2.75, 3.05) is 33.1 Å². The molecule has 0 radical (unpaired) electrons. The molecule has 0 saturated heterocycles. The maximum atomic E-state index is 5.14. The number of rotatable bonds is 8. The van der Waals surface area contributed by atoms with Gasteiger partial charge in [-0.2, -0.15) is 12.6 Å². The van der Waals surface area contributed by atoms with Crippen LogP contribution in [0.25, 0.3) is 0 Å². The lowest BCUT2D eigenvalue weighted by atomic mass is 10.1. The summed E-state index contributed by atoms with van der Waals surface area (Å²) in [5, 5.41) is 0. The third kappa shape index (κ3) is 5.89. The molecule has 0 aromatic heterocycles. The molecule has 3 heteroatoms. The van der Waals surface area contributed by atoms with Crippen LogP contribution in [0, 0.1) is 5.92 Å². The zero-order chi connectivity index (χ0) is 11.0. The van der Waals surface area contributed by atoms with Gasteiger partial charge < -0.3 is 9.64 Å². The van der Waals surface area contributed by atoms with Crippen molar-refractivity contribution in [2.24, 2.45) is 5.92 Å². The van der Waals surface area contributed by atoms with Crippen LogP contribution >= 0.6 is 12.6 Å². The van der Waals surface area contributed by atoms with Crippen LogP contribution < -0.4 is 0 Å². The smallest absolute Gasteiger partial charge is 0.0615 e. The van der Waals surface area contributed by atoms with Crippen molar-refractivity contribution in [3.8, 4) is 0 Å². The van der Waals surface area contributed by atoms with Crippen molar-refractivity contribution < 1.29 is 4.74 Å². The van der Waals surface area contributed by atoms with Crippen molar-refractivity contribution in [3.63, 3.8) is 0 Å². The molecule has 0 aliphatic rings. The minimum Gasteiger partial charge on any atom is -0.383 e. The van der Waals surface area contributed by atoms with Crippen LogP contribution in [0.3, 0.4) is 0 Å². The molecule has 0 saturated carbocycles. The highest BCUT2D eigenvalue weighted by atomic mass is 32.1. The number of hydrogen-bond acceptors (Lipinski definition) is 3. The van der Waals surface area contributed by atoms with Crippen molar-refractivity contribution in [3.05, 3.63) is 0 Å². The van der Waals surface area contributed by atoms with Gasteiger partial charge in [0.15, 0.2) is 0 Å². The fourth-order valence-corrected chi connectivity index (χ4v) is 1.90. The van der Waals surface area contributed by atoms with E-state index in [1.165, 1.54) is 12.8 Å². The molecule has 0 bridgehead atoms. The summed E-state index contributed by atoms with van der Waals surface area (Å²) in [7, 11) is 3.92. The monoisotopic (exact) mass is 219 g/mol. The SMILES string of the molecule is CCCC(CS)CN(C)C(C)COC. The van der Waals surface area contributed by atoms with Gasteiger partial charge in [0.2, 0.25) is 0 Å². The Balaban J connectivity index is 3.81. The minimum absolute atomic E-state index is 0.499. The van der Waals surface area contributed by atoms with Crippen molar-refractivity contribution >= 4 is 12.6 Å². The maximum absolute atomic E-state index is 5.14. The molecule has 0 aliphatic heterocycles. The molecule has 0 aromatic rings. The summed E-state index contributed by atoms with van der Waals surface area (Å²) in [4.78, 5) is 2.36. The van der Waals surface area contributed by atoms with Gasteiger partial charge in [-0.15, -0.1) is 0 Å². The molecule has 0 aliphatic carbocycles. The molecule has 2 unspecified atom stereocenters. The Kier molecular flexibility index (Phi) is 8.73. The van der Waals surface area contributed by atoms with Crippen LogP contribution in [-0.4, -0.2) is 44.0 Å². The van der Waals surface area contributed by atoms with Gasteiger partial charge in [0.25, 0.3) is 0 Å².